The van der Waals surface area contributed by atoms with Gasteiger partial charge in [-0.05, 0) is 66.6 Å². The van der Waals surface area contributed by atoms with Gasteiger partial charge in [-0.25, -0.2) is 8.42 Å². The molecular formula is C28H34N4O7S. The zero-order valence-electron chi connectivity index (χ0n) is 22.5. The number of aromatic nitrogens is 1. The van der Waals surface area contributed by atoms with Crippen LogP contribution in [0.3, 0.4) is 0 Å². The van der Waals surface area contributed by atoms with Crippen molar-refractivity contribution in [3.8, 4) is 17.3 Å². The van der Waals surface area contributed by atoms with Gasteiger partial charge in [-0.2, -0.15) is 9.98 Å². The Morgan fingerprint density at radius 2 is 1.75 bits per heavy atom. The quantitative estimate of drug-likeness (QED) is 0.238. The molecule has 5 atom stereocenters. The molecule has 1 unspecified atom stereocenters. The maximum atomic E-state index is 13.0. The van der Waals surface area contributed by atoms with Gasteiger partial charge in [-0.3, -0.25) is 0 Å². The molecule has 0 amide bonds. The summed E-state index contributed by atoms with van der Waals surface area (Å²) in [6.07, 6.45) is -5.41. The number of aliphatic hydroxyl groups excluding tert-OH is 4. The maximum absolute atomic E-state index is 13.0. The molecule has 2 heterocycles. The first-order valence-electron chi connectivity index (χ1n) is 12.9. The Morgan fingerprint density at radius 3 is 2.40 bits per heavy atom. The third-order valence-electron chi connectivity index (χ3n) is 7.28. The molecule has 1 aromatic heterocycles. The summed E-state index contributed by atoms with van der Waals surface area (Å²) >= 11 is 0. The summed E-state index contributed by atoms with van der Waals surface area (Å²) in [5, 5.41) is 51.5. The number of ether oxygens (including phenoxy) is 1. The number of aliphatic hydroxyl groups is 4. The zero-order valence-corrected chi connectivity index (χ0v) is 23.3. The molecule has 2 aromatic carbocycles. The van der Waals surface area contributed by atoms with Crippen molar-refractivity contribution in [3.05, 3.63) is 59.1 Å². The van der Waals surface area contributed by atoms with E-state index in [1.807, 2.05) is 29.0 Å². The van der Waals surface area contributed by atoms with Crippen molar-refractivity contribution in [1.29, 1.82) is 5.26 Å². The summed E-state index contributed by atoms with van der Waals surface area (Å²) in [5.74, 6) is 0. The number of anilines is 1. The molecule has 1 saturated heterocycles. The fourth-order valence-corrected chi connectivity index (χ4v) is 6.05. The van der Waals surface area contributed by atoms with Crippen molar-refractivity contribution >= 4 is 32.6 Å². The second-order valence-electron chi connectivity index (χ2n) is 9.62. The average molecular weight is 571 g/mol. The van der Waals surface area contributed by atoms with Crippen LogP contribution in [0.5, 0.6) is 0 Å². The lowest BCUT2D eigenvalue weighted by Crippen LogP contribution is -2.64. The first-order valence-corrected chi connectivity index (χ1v) is 14.4. The van der Waals surface area contributed by atoms with Gasteiger partial charge in [0.25, 0.3) is 10.0 Å². The molecule has 4 rings (SSSR count). The second-order valence-corrected chi connectivity index (χ2v) is 11.3. The highest BCUT2D eigenvalue weighted by molar-refractivity contribution is 7.93. The van der Waals surface area contributed by atoms with Gasteiger partial charge in [0.1, 0.15) is 30.4 Å². The number of sulfonamides is 1. The minimum atomic E-state index is -4.54. The van der Waals surface area contributed by atoms with Crippen molar-refractivity contribution < 1.29 is 33.6 Å². The Kier molecular flexibility index (Phi) is 8.96. The van der Waals surface area contributed by atoms with Gasteiger partial charge in [0.05, 0.1) is 6.61 Å². The summed E-state index contributed by atoms with van der Waals surface area (Å²) in [6.45, 7) is 5.37. The van der Waals surface area contributed by atoms with Gasteiger partial charge in [0, 0.05) is 37.2 Å². The van der Waals surface area contributed by atoms with Crippen molar-refractivity contribution in [3.63, 3.8) is 0 Å². The molecule has 0 saturated carbocycles. The van der Waals surface area contributed by atoms with E-state index in [1.165, 1.54) is 6.08 Å². The van der Waals surface area contributed by atoms with Gasteiger partial charge in [-0.1, -0.05) is 18.2 Å². The molecular weight excluding hydrogens is 536 g/mol. The monoisotopic (exact) mass is 570 g/mol. The second kappa shape index (κ2) is 12.1. The molecule has 214 valence electrons. The van der Waals surface area contributed by atoms with Gasteiger partial charge in [-0.15, -0.1) is 0 Å². The van der Waals surface area contributed by atoms with Crippen LogP contribution in [0.15, 0.2) is 53.4 Å². The topological polar surface area (TPSA) is 168 Å². The molecule has 0 aliphatic carbocycles. The lowest BCUT2D eigenvalue weighted by molar-refractivity contribution is -0.251. The normalized spacial score (nSPS) is 23.8. The summed E-state index contributed by atoms with van der Waals surface area (Å²) in [5.41, 5.74) is 3.28. The van der Waals surface area contributed by atoms with Crippen LogP contribution in [-0.4, -0.2) is 83.8 Å². The molecule has 5 N–H and O–H groups in total. The highest BCUT2D eigenvalue weighted by Gasteiger charge is 2.45. The van der Waals surface area contributed by atoms with Crippen LogP contribution >= 0.6 is 0 Å². The number of nitrogens with one attached hydrogen (secondary N) is 1. The van der Waals surface area contributed by atoms with Crippen molar-refractivity contribution in [2.24, 2.45) is 7.05 Å². The van der Waals surface area contributed by atoms with E-state index in [0.717, 1.165) is 40.8 Å². The van der Waals surface area contributed by atoms with Crippen LogP contribution in [0.1, 0.15) is 19.5 Å². The number of benzene rings is 2. The summed E-state index contributed by atoms with van der Waals surface area (Å²) < 4.78 is 34.8. The standard InChI is InChI=1S/C28H34N4O7S/c1-4-32(5-2)21-9-8-17-12-19(7-6-18(17)13-21)23-11-10-20(31(23)3)14-22(15-29)40(37,38)30-25-27(35)26(34)24(16-33)39-28(25)36/h6-14,24-28,30,33-36H,4-5,16H2,1-3H3/b22-14+/t24-,25-,26-,27-,28?/m1/s1. The van der Waals surface area contributed by atoms with E-state index >= 15 is 0 Å². The minimum Gasteiger partial charge on any atom is -0.394 e. The molecule has 1 aliphatic rings. The predicted octanol–water partition coefficient (Wildman–Crippen LogP) is 1.28. The van der Waals surface area contributed by atoms with E-state index in [0.29, 0.717) is 5.69 Å². The Hall–Kier alpha value is -3.28. The van der Waals surface area contributed by atoms with Crippen LogP contribution in [0, 0.1) is 11.3 Å². The Bertz CT molecular complexity index is 1540. The largest absolute Gasteiger partial charge is 0.394 e. The van der Waals surface area contributed by atoms with Gasteiger partial charge in [0.2, 0.25) is 0 Å². The molecule has 3 aromatic rings. The van der Waals surface area contributed by atoms with Crippen molar-refractivity contribution in [1.82, 2.24) is 9.29 Å². The average Bonchev–Trinajstić information content (AvgIpc) is 3.31. The molecule has 40 heavy (non-hydrogen) atoms. The fourth-order valence-electron chi connectivity index (χ4n) is 4.91. The van der Waals surface area contributed by atoms with E-state index in [4.69, 9.17) is 4.74 Å². The van der Waals surface area contributed by atoms with E-state index in [-0.39, 0.29) is 0 Å². The van der Waals surface area contributed by atoms with Crippen molar-refractivity contribution in [2.75, 3.05) is 24.6 Å². The molecule has 1 fully saturated rings. The van der Waals surface area contributed by atoms with Crippen LogP contribution in [0.25, 0.3) is 28.1 Å². The van der Waals surface area contributed by atoms with Gasteiger partial charge < -0.3 is 34.6 Å². The Balaban J connectivity index is 1.60. The molecule has 12 heteroatoms. The fraction of sp³-hybridized carbons (Fsp3) is 0.393. The van der Waals surface area contributed by atoms with Crippen LogP contribution in [0.4, 0.5) is 5.69 Å². The van der Waals surface area contributed by atoms with E-state index in [9.17, 15) is 34.1 Å². The highest BCUT2D eigenvalue weighted by atomic mass is 32.2. The lowest BCUT2D eigenvalue weighted by Gasteiger charge is -2.40. The summed E-state index contributed by atoms with van der Waals surface area (Å²) in [7, 11) is -2.79. The lowest BCUT2D eigenvalue weighted by atomic mass is 9.98. The Labute approximate surface area is 233 Å². The molecule has 0 spiro atoms. The molecule has 0 radical (unpaired) electrons. The predicted molar refractivity (Wildman–Crippen MR) is 151 cm³/mol. The minimum absolute atomic E-state index is 0.426. The van der Waals surface area contributed by atoms with Crippen LogP contribution < -0.4 is 9.62 Å². The van der Waals surface area contributed by atoms with Crippen LogP contribution in [0.2, 0.25) is 0 Å². The Morgan fingerprint density at radius 1 is 1.07 bits per heavy atom. The van der Waals surface area contributed by atoms with E-state index in [1.54, 1.807) is 23.8 Å². The summed E-state index contributed by atoms with van der Waals surface area (Å²) in [4.78, 5) is 1.61. The van der Waals surface area contributed by atoms with Crippen LogP contribution in [-0.2, 0) is 21.8 Å². The molecule has 11 nitrogen and oxygen atoms in total. The third-order valence-corrected chi connectivity index (χ3v) is 8.65. The van der Waals surface area contributed by atoms with Gasteiger partial charge in [0.15, 0.2) is 11.2 Å². The van der Waals surface area contributed by atoms with Crippen molar-refractivity contribution in [2.45, 2.75) is 44.5 Å². The number of fused-ring (bicyclic) bond motifs is 1. The third kappa shape index (κ3) is 5.77. The first-order chi connectivity index (χ1) is 19.0. The number of hydrogen-bond donors (Lipinski definition) is 5. The molecule has 1 aliphatic heterocycles. The summed E-state index contributed by atoms with van der Waals surface area (Å²) in [6, 6.07) is 15.9. The maximum Gasteiger partial charge on any atom is 0.251 e. The SMILES string of the molecule is CCN(CC)c1ccc2cc(-c3ccc(/C=C(\C#N)S(=O)(=O)N[C@H]4C(O)O[C@H](CO)[C@@H](O)[C@@H]4O)n3C)ccc2c1. The number of rotatable bonds is 9. The van der Waals surface area contributed by atoms with E-state index in [2.05, 4.69) is 36.9 Å². The zero-order chi connectivity index (χ0) is 29.2. The first kappa shape index (κ1) is 29.7. The smallest absolute Gasteiger partial charge is 0.251 e. The number of nitriles is 1. The van der Waals surface area contributed by atoms with E-state index < -0.39 is 52.2 Å². The highest BCUT2D eigenvalue weighted by Crippen LogP contribution is 2.29. The number of allylic oxidation sites excluding steroid dienone is 1. The molecule has 0 bridgehead atoms. The number of nitrogens with zero attached hydrogens (tertiary/aromatic N) is 3. The van der Waals surface area contributed by atoms with Gasteiger partial charge >= 0.3 is 0 Å². The number of hydrogen-bond acceptors (Lipinski definition) is 9.